The van der Waals surface area contributed by atoms with E-state index in [1.807, 2.05) is 24.3 Å². The van der Waals surface area contributed by atoms with Gasteiger partial charge in [-0.25, -0.2) is 0 Å². The maximum absolute atomic E-state index is 5.94. The fraction of sp³-hybridized carbons (Fsp3) is 0.385. The van der Waals surface area contributed by atoms with Gasteiger partial charge in [0.25, 0.3) is 0 Å². The zero-order valence-corrected chi connectivity index (χ0v) is 10.3. The highest BCUT2D eigenvalue weighted by Crippen LogP contribution is 2.25. The molecule has 18 heavy (non-hydrogen) atoms. The minimum Gasteiger partial charge on any atom is -0.497 e. The highest BCUT2D eigenvalue weighted by Gasteiger charge is 2.21. The molecule has 5 nitrogen and oxygen atoms in total. The standard InChI is InChI=1S/C13H16N4O/c1-18-11-4-2-3-9(7-11)13-16-15-12-8-10(14)5-6-17(12)13/h2-4,7,10H,5-6,8,14H2,1H3. The molecule has 0 radical (unpaired) electrons. The summed E-state index contributed by atoms with van der Waals surface area (Å²) in [5.74, 6) is 2.71. The van der Waals surface area contributed by atoms with Gasteiger partial charge in [0.05, 0.1) is 7.11 Å². The Balaban J connectivity index is 2.02. The van der Waals surface area contributed by atoms with E-state index in [0.717, 1.165) is 42.3 Å². The van der Waals surface area contributed by atoms with Crippen molar-refractivity contribution < 1.29 is 4.74 Å². The molecule has 1 atom stereocenters. The Morgan fingerprint density at radius 1 is 1.39 bits per heavy atom. The number of hydrogen-bond acceptors (Lipinski definition) is 4. The zero-order valence-electron chi connectivity index (χ0n) is 10.3. The van der Waals surface area contributed by atoms with Gasteiger partial charge >= 0.3 is 0 Å². The first-order valence-corrected chi connectivity index (χ1v) is 6.10. The Labute approximate surface area is 106 Å². The maximum atomic E-state index is 5.94. The molecule has 3 rings (SSSR count). The van der Waals surface area contributed by atoms with Gasteiger partial charge in [-0.05, 0) is 18.6 Å². The Morgan fingerprint density at radius 2 is 2.28 bits per heavy atom. The fourth-order valence-electron chi connectivity index (χ4n) is 2.33. The van der Waals surface area contributed by atoms with Crippen LogP contribution in [0.3, 0.4) is 0 Å². The molecule has 1 aliphatic heterocycles. The van der Waals surface area contributed by atoms with E-state index in [4.69, 9.17) is 10.5 Å². The Kier molecular flexibility index (Phi) is 2.76. The fourth-order valence-corrected chi connectivity index (χ4v) is 2.33. The smallest absolute Gasteiger partial charge is 0.164 e. The molecule has 2 heterocycles. The SMILES string of the molecule is COc1cccc(-c2nnc3n2CCC(N)C3)c1. The summed E-state index contributed by atoms with van der Waals surface area (Å²) in [7, 11) is 1.66. The molecule has 0 bridgehead atoms. The summed E-state index contributed by atoms with van der Waals surface area (Å²) >= 11 is 0. The molecular formula is C13H16N4O. The molecule has 2 N–H and O–H groups in total. The van der Waals surface area contributed by atoms with Gasteiger partial charge in [-0.1, -0.05) is 12.1 Å². The minimum absolute atomic E-state index is 0.208. The van der Waals surface area contributed by atoms with Crippen LogP contribution in [0.25, 0.3) is 11.4 Å². The van der Waals surface area contributed by atoms with Crippen LogP contribution in [-0.2, 0) is 13.0 Å². The lowest BCUT2D eigenvalue weighted by molar-refractivity contribution is 0.415. The third kappa shape index (κ3) is 1.86. The summed E-state index contributed by atoms with van der Waals surface area (Å²) in [6, 6.07) is 8.09. The van der Waals surface area contributed by atoms with Crippen molar-refractivity contribution in [3.8, 4) is 17.1 Å². The normalized spacial score (nSPS) is 18.4. The average Bonchev–Trinajstić information content (AvgIpc) is 2.81. The molecule has 0 fully saturated rings. The molecule has 5 heteroatoms. The highest BCUT2D eigenvalue weighted by atomic mass is 16.5. The molecule has 0 aliphatic carbocycles. The lowest BCUT2D eigenvalue weighted by Gasteiger charge is -2.20. The number of ether oxygens (including phenoxy) is 1. The van der Waals surface area contributed by atoms with Gasteiger partial charge < -0.3 is 15.0 Å². The first kappa shape index (κ1) is 11.2. The van der Waals surface area contributed by atoms with Crippen molar-refractivity contribution in [1.29, 1.82) is 0 Å². The molecule has 0 saturated carbocycles. The molecule has 0 spiro atoms. The summed E-state index contributed by atoms with van der Waals surface area (Å²) < 4.78 is 7.39. The molecule has 1 aromatic carbocycles. The second kappa shape index (κ2) is 4.42. The van der Waals surface area contributed by atoms with E-state index in [1.54, 1.807) is 7.11 Å². The number of nitrogens with two attached hydrogens (primary N) is 1. The number of aromatic nitrogens is 3. The average molecular weight is 244 g/mol. The molecule has 94 valence electrons. The van der Waals surface area contributed by atoms with Gasteiger partial charge in [0, 0.05) is 24.6 Å². The predicted octanol–water partition coefficient (Wildman–Crippen LogP) is 1.23. The first-order valence-electron chi connectivity index (χ1n) is 6.10. The van der Waals surface area contributed by atoms with Crippen molar-refractivity contribution in [2.75, 3.05) is 7.11 Å². The Hall–Kier alpha value is -1.88. The second-order valence-corrected chi connectivity index (χ2v) is 4.58. The van der Waals surface area contributed by atoms with E-state index in [2.05, 4.69) is 14.8 Å². The van der Waals surface area contributed by atoms with Gasteiger partial charge in [-0.3, -0.25) is 0 Å². The van der Waals surface area contributed by atoms with Crippen LogP contribution in [-0.4, -0.2) is 27.9 Å². The van der Waals surface area contributed by atoms with Crippen molar-refractivity contribution in [3.63, 3.8) is 0 Å². The number of methoxy groups -OCH3 is 1. The number of benzene rings is 1. The predicted molar refractivity (Wildman–Crippen MR) is 68.3 cm³/mol. The maximum Gasteiger partial charge on any atom is 0.164 e. The Morgan fingerprint density at radius 3 is 3.11 bits per heavy atom. The number of nitrogens with zero attached hydrogens (tertiary/aromatic N) is 3. The molecule has 0 amide bonds. The monoisotopic (exact) mass is 244 g/mol. The summed E-state index contributed by atoms with van der Waals surface area (Å²) in [5.41, 5.74) is 6.97. The van der Waals surface area contributed by atoms with E-state index >= 15 is 0 Å². The highest BCUT2D eigenvalue weighted by molar-refractivity contribution is 5.58. The largest absolute Gasteiger partial charge is 0.497 e. The van der Waals surface area contributed by atoms with Crippen LogP contribution < -0.4 is 10.5 Å². The van der Waals surface area contributed by atoms with Gasteiger partial charge in [-0.15, -0.1) is 10.2 Å². The number of fused-ring (bicyclic) bond motifs is 1. The molecule has 0 saturated heterocycles. The van der Waals surface area contributed by atoms with Crippen molar-refractivity contribution in [2.24, 2.45) is 5.73 Å². The Bertz CT molecular complexity index is 564. The van der Waals surface area contributed by atoms with E-state index in [9.17, 15) is 0 Å². The first-order chi connectivity index (χ1) is 8.78. The van der Waals surface area contributed by atoms with Crippen LogP contribution in [0, 0.1) is 0 Å². The molecule has 2 aromatic rings. The lowest BCUT2D eigenvalue weighted by atomic mass is 10.1. The number of hydrogen-bond donors (Lipinski definition) is 1. The third-order valence-corrected chi connectivity index (χ3v) is 3.32. The third-order valence-electron chi connectivity index (χ3n) is 3.32. The topological polar surface area (TPSA) is 66.0 Å². The summed E-state index contributed by atoms with van der Waals surface area (Å²) in [5, 5.41) is 8.51. The molecule has 1 aromatic heterocycles. The summed E-state index contributed by atoms with van der Waals surface area (Å²) in [4.78, 5) is 0. The van der Waals surface area contributed by atoms with Gasteiger partial charge in [0.2, 0.25) is 0 Å². The summed E-state index contributed by atoms with van der Waals surface area (Å²) in [6.07, 6.45) is 1.78. The van der Waals surface area contributed by atoms with Crippen molar-refractivity contribution in [2.45, 2.75) is 25.4 Å². The van der Waals surface area contributed by atoms with E-state index in [-0.39, 0.29) is 6.04 Å². The van der Waals surface area contributed by atoms with E-state index in [0.29, 0.717) is 0 Å². The van der Waals surface area contributed by atoms with E-state index < -0.39 is 0 Å². The van der Waals surface area contributed by atoms with Crippen molar-refractivity contribution in [1.82, 2.24) is 14.8 Å². The van der Waals surface area contributed by atoms with Gasteiger partial charge in [-0.2, -0.15) is 0 Å². The zero-order chi connectivity index (χ0) is 12.5. The summed E-state index contributed by atoms with van der Waals surface area (Å²) in [6.45, 7) is 0.885. The lowest BCUT2D eigenvalue weighted by Crippen LogP contribution is -2.31. The van der Waals surface area contributed by atoms with Crippen LogP contribution >= 0.6 is 0 Å². The molecular weight excluding hydrogens is 228 g/mol. The van der Waals surface area contributed by atoms with Crippen LogP contribution in [0.1, 0.15) is 12.2 Å². The van der Waals surface area contributed by atoms with E-state index in [1.165, 1.54) is 0 Å². The van der Waals surface area contributed by atoms with Crippen LogP contribution in [0.2, 0.25) is 0 Å². The van der Waals surface area contributed by atoms with Crippen LogP contribution in [0.15, 0.2) is 24.3 Å². The molecule has 1 aliphatic rings. The molecule has 1 unspecified atom stereocenters. The quantitative estimate of drug-likeness (QED) is 0.862. The van der Waals surface area contributed by atoms with Crippen LogP contribution in [0.4, 0.5) is 0 Å². The van der Waals surface area contributed by atoms with Crippen molar-refractivity contribution >= 4 is 0 Å². The van der Waals surface area contributed by atoms with Gasteiger partial charge in [0.15, 0.2) is 5.82 Å². The second-order valence-electron chi connectivity index (χ2n) is 4.58. The minimum atomic E-state index is 0.208. The number of rotatable bonds is 2. The van der Waals surface area contributed by atoms with Crippen molar-refractivity contribution in [3.05, 3.63) is 30.1 Å². The van der Waals surface area contributed by atoms with Crippen LogP contribution in [0.5, 0.6) is 5.75 Å². The van der Waals surface area contributed by atoms with Gasteiger partial charge in [0.1, 0.15) is 11.6 Å².